The predicted octanol–water partition coefficient (Wildman–Crippen LogP) is 0.579. The van der Waals surface area contributed by atoms with Gasteiger partial charge in [-0.25, -0.2) is 4.98 Å². The summed E-state index contributed by atoms with van der Waals surface area (Å²) in [7, 11) is -3.86. The van der Waals surface area contributed by atoms with Gasteiger partial charge in [-0.15, -0.1) is 11.3 Å². The van der Waals surface area contributed by atoms with Crippen LogP contribution in [0, 0.1) is 0 Å². The van der Waals surface area contributed by atoms with E-state index in [0.29, 0.717) is 6.04 Å². The zero-order valence-corrected chi connectivity index (χ0v) is 11.8. The number of aromatic nitrogens is 1. The fraction of sp³-hybridized carbons (Fsp3) is 0.700. The molecule has 1 aliphatic carbocycles. The molecule has 3 N–H and O–H groups in total. The molecule has 0 saturated heterocycles. The number of fused-ring (bicyclic) bond motifs is 1. The normalized spacial score (nSPS) is 19.8. The Kier molecular flexibility index (Phi) is 4.33. The molecule has 1 aliphatic rings. The number of aryl methyl sites for hydroxylation is 1. The zero-order valence-electron chi connectivity index (χ0n) is 10.2. The van der Waals surface area contributed by atoms with Gasteiger partial charge in [0.15, 0.2) is 0 Å². The zero-order chi connectivity index (χ0) is 13.2. The molecule has 1 aromatic heterocycles. The van der Waals surface area contributed by atoms with E-state index in [2.05, 4.69) is 21.5 Å². The Morgan fingerprint density at radius 2 is 2.39 bits per heavy atom. The Bertz CT molecular complexity index is 512. The minimum Gasteiger partial charge on any atom is -0.314 e. The summed E-state index contributed by atoms with van der Waals surface area (Å²) in [6, 6.07) is 0.409. The summed E-state index contributed by atoms with van der Waals surface area (Å²) in [6.45, 7) is 3.10. The van der Waals surface area contributed by atoms with Crippen molar-refractivity contribution in [3.63, 3.8) is 0 Å². The average Bonchev–Trinajstić information content (AvgIpc) is 2.80. The van der Waals surface area contributed by atoms with Crippen LogP contribution in [-0.4, -0.2) is 26.0 Å². The van der Waals surface area contributed by atoms with Crippen molar-refractivity contribution in [1.82, 2.24) is 10.3 Å². The molecule has 0 fully saturated rings. The molecule has 0 radical (unpaired) electrons. The van der Waals surface area contributed by atoms with Crippen LogP contribution < -0.4 is 11.2 Å². The fourth-order valence-electron chi connectivity index (χ4n) is 2.02. The van der Waals surface area contributed by atoms with E-state index in [9.17, 15) is 8.42 Å². The standard InChI is InChI=1S/C10H17N3O3S2/c1-2-5-12-7-3-4-8-9(6-7)17-10(13-8)18(14,15)16-11/h7,12H,2-6,11H2,1H3. The van der Waals surface area contributed by atoms with E-state index in [0.717, 1.165) is 54.1 Å². The molecule has 1 heterocycles. The molecule has 1 atom stereocenters. The van der Waals surface area contributed by atoms with Gasteiger partial charge in [0, 0.05) is 10.9 Å². The molecule has 0 spiro atoms. The van der Waals surface area contributed by atoms with Crippen molar-refractivity contribution < 1.29 is 12.7 Å². The van der Waals surface area contributed by atoms with Crippen LogP contribution in [0.15, 0.2) is 4.34 Å². The van der Waals surface area contributed by atoms with Gasteiger partial charge in [0.2, 0.25) is 4.34 Å². The second-order valence-corrected chi connectivity index (χ2v) is 7.12. The minimum atomic E-state index is -3.86. The molecule has 0 aliphatic heterocycles. The van der Waals surface area contributed by atoms with E-state index in [-0.39, 0.29) is 4.34 Å². The summed E-state index contributed by atoms with van der Waals surface area (Å²) >= 11 is 1.16. The van der Waals surface area contributed by atoms with Crippen molar-refractivity contribution in [3.8, 4) is 0 Å². The molecule has 0 bridgehead atoms. The SMILES string of the molecule is CCCNC1CCc2nc(S(=O)(=O)ON)sc2C1. The Hall–Kier alpha value is -0.540. The first-order valence-electron chi connectivity index (χ1n) is 5.92. The number of hydrogen-bond donors (Lipinski definition) is 2. The number of nitrogens with zero attached hydrogens (tertiary/aromatic N) is 1. The van der Waals surface area contributed by atoms with Crippen molar-refractivity contribution in [1.29, 1.82) is 0 Å². The van der Waals surface area contributed by atoms with Crippen LogP contribution in [0.5, 0.6) is 0 Å². The maximum Gasteiger partial charge on any atom is 0.340 e. The van der Waals surface area contributed by atoms with Crippen LogP contribution in [0.2, 0.25) is 0 Å². The van der Waals surface area contributed by atoms with Crippen LogP contribution in [0.3, 0.4) is 0 Å². The van der Waals surface area contributed by atoms with Crippen molar-refractivity contribution >= 4 is 21.5 Å². The number of nitrogens with two attached hydrogens (primary N) is 1. The molecule has 102 valence electrons. The van der Waals surface area contributed by atoms with E-state index in [1.165, 1.54) is 0 Å². The molecule has 0 saturated carbocycles. The highest BCUT2D eigenvalue weighted by atomic mass is 32.3. The van der Waals surface area contributed by atoms with Gasteiger partial charge < -0.3 is 5.32 Å². The van der Waals surface area contributed by atoms with Gasteiger partial charge in [-0.1, -0.05) is 6.92 Å². The second kappa shape index (κ2) is 5.62. The third kappa shape index (κ3) is 2.89. The molecular weight excluding hydrogens is 274 g/mol. The molecule has 18 heavy (non-hydrogen) atoms. The van der Waals surface area contributed by atoms with Crippen LogP contribution in [0.1, 0.15) is 30.3 Å². The van der Waals surface area contributed by atoms with E-state index in [1.807, 2.05) is 0 Å². The number of thiazole rings is 1. The van der Waals surface area contributed by atoms with Gasteiger partial charge in [-0.3, -0.25) is 0 Å². The summed E-state index contributed by atoms with van der Waals surface area (Å²) < 4.78 is 26.9. The molecule has 8 heteroatoms. The number of nitrogens with one attached hydrogen (secondary N) is 1. The lowest BCUT2D eigenvalue weighted by atomic mass is 9.98. The Balaban J connectivity index is 2.14. The topological polar surface area (TPSA) is 94.3 Å². The Morgan fingerprint density at radius 3 is 3.06 bits per heavy atom. The molecule has 6 nitrogen and oxygen atoms in total. The number of rotatable bonds is 5. The average molecular weight is 291 g/mol. The number of hydrogen-bond acceptors (Lipinski definition) is 7. The van der Waals surface area contributed by atoms with E-state index in [1.54, 1.807) is 0 Å². The van der Waals surface area contributed by atoms with Gasteiger partial charge >= 0.3 is 10.1 Å². The summed E-state index contributed by atoms with van der Waals surface area (Å²) in [4.78, 5) is 5.12. The first kappa shape index (κ1) is 13.9. The summed E-state index contributed by atoms with van der Waals surface area (Å²) in [5, 5.41) is 3.45. The first-order chi connectivity index (χ1) is 8.56. The molecule has 2 rings (SSSR count). The van der Waals surface area contributed by atoms with E-state index < -0.39 is 10.1 Å². The van der Waals surface area contributed by atoms with E-state index in [4.69, 9.17) is 5.90 Å². The van der Waals surface area contributed by atoms with Gasteiger partial charge in [0.05, 0.1) is 5.69 Å². The van der Waals surface area contributed by atoms with Crippen molar-refractivity contribution in [2.75, 3.05) is 6.54 Å². The lowest BCUT2D eigenvalue weighted by Crippen LogP contribution is -2.34. The third-order valence-electron chi connectivity index (χ3n) is 2.94. The summed E-state index contributed by atoms with van der Waals surface area (Å²) in [5.41, 5.74) is 0.866. The smallest absolute Gasteiger partial charge is 0.314 e. The summed E-state index contributed by atoms with van der Waals surface area (Å²) in [6.07, 6.45) is 3.70. The predicted molar refractivity (Wildman–Crippen MR) is 68.7 cm³/mol. The fourth-order valence-corrected chi connectivity index (χ4v) is 4.07. The largest absolute Gasteiger partial charge is 0.340 e. The van der Waals surface area contributed by atoms with Gasteiger partial charge in [-0.2, -0.15) is 18.6 Å². The maximum atomic E-state index is 11.5. The molecule has 1 unspecified atom stereocenters. The monoisotopic (exact) mass is 291 g/mol. The Labute approximate surface area is 111 Å². The van der Waals surface area contributed by atoms with Crippen LogP contribution in [-0.2, 0) is 27.2 Å². The molecular formula is C10H17N3O3S2. The van der Waals surface area contributed by atoms with Gasteiger partial charge in [0.1, 0.15) is 0 Å². The third-order valence-corrected chi connectivity index (χ3v) is 5.49. The van der Waals surface area contributed by atoms with Crippen LogP contribution in [0.4, 0.5) is 0 Å². The highest BCUT2D eigenvalue weighted by Gasteiger charge is 2.27. The van der Waals surface area contributed by atoms with Crippen molar-refractivity contribution in [3.05, 3.63) is 10.6 Å². The van der Waals surface area contributed by atoms with Crippen LogP contribution >= 0.6 is 11.3 Å². The van der Waals surface area contributed by atoms with Crippen molar-refractivity contribution in [2.45, 2.75) is 43.0 Å². The molecule has 0 aromatic carbocycles. The van der Waals surface area contributed by atoms with Crippen LogP contribution in [0.25, 0.3) is 0 Å². The maximum absolute atomic E-state index is 11.5. The first-order valence-corrected chi connectivity index (χ1v) is 8.14. The quantitative estimate of drug-likeness (QED) is 0.771. The minimum absolute atomic E-state index is 0.0360. The molecule has 1 aromatic rings. The second-order valence-electron chi connectivity index (χ2n) is 4.29. The highest BCUT2D eigenvalue weighted by Crippen LogP contribution is 2.29. The lowest BCUT2D eigenvalue weighted by Gasteiger charge is -2.21. The molecule has 0 amide bonds. The summed E-state index contributed by atoms with van der Waals surface area (Å²) in [5.74, 6) is 4.76. The van der Waals surface area contributed by atoms with E-state index >= 15 is 0 Å². The van der Waals surface area contributed by atoms with Gasteiger partial charge in [-0.05, 0) is 32.2 Å². The lowest BCUT2D eigenvalue weighted by molar-refractivity contribution is 0.332. The highest BCUT2D eigenvalue weighted by molar-refractivity contribution is 7.88. The van der Waals surface area contributed by atoms with Gasteiger partial charge in [0.25, 0.3) is 0 Å². The van der Waals surface area contributed by atoms with Crippen molar-refractivity contribution in [2.24, 2.45) is 5.90 Å². The Morgan fingerprint density at radius 1 is 1.61 bits per heavy atom.